The summed E-state index contributed by atoms with van der Waals surface area (Å²) < 4.78 is 5.46. The van der Waals surface area contributed by atoms with Gasteiger partial charge in [0.15, 0.2) is 0 Å². The Hall–Kier alpha value is -2.84. The van der Waals surface area contributed by atoms with Gasteiger partial charge in [0.1, 0.15) is 0 Å². The third kappa shape index (κ3) is 6.93. The molecule has 1 aromatic heterocycles. The van der Waals surface area contributed by atoms with E-state index in [9.17, 15) is 4.79 Å². The Morgan fingerprint density at radius 1 is 1.08 bits per heavy atom. The van der Waals surface area contributed by atoms with E-state index in [1.807, 2.05) is 30.3 Å². The van der Waals surface area contributed by atoms with E-state index < -0.39 is 0 Å². The molecule has 1 saturated heterocycles. The predicted octanol–water partition coefficient (Wildman–Crippen LogP) is 7.19. The smallest absolute Gasteiger partial charge is 0.241 e. The zero-order valence-electron chi connectivity index (χ0n) is 20.1. The van der Waals surface area contributed by atoms with E-state index >= 15 is 0 Å². The van der Waals surface area contributed by atoms with Crippen LogP contribution in [0.1, 0.15) is 24.3 Å². The lowest BCUT2D eigenvalue weighted by molar-refractivity contribution is -0.121. The van der Waals surface area contributed by atoms with E-state index in [0.717, 1.165) is 30.8 Å². The molecule has 1 N–H and O–H groups in total. The fourth-order valence-corrected chi connectivity index (χ4v) is 5.68. The van der Waals surface area contributed by atoms with Crippen LogP contribution in [0.3, 0.4) is 0 Å². The number of nitrogens with zero attached hydrogens (tertiary/aromatic N) is 3. The van der Waals surface area contributed by atoms with Gasteiger partial charge in [-0.05, 0) is 67.4 Å². The molecule has 1 unspecified atom stereocenters. The number of anilines is 1. The van der Waals surface area contributed by atoms with Crippen molar-refractivity contribution in [2.75, 3.05) is 18.4 Å². The Labute approximate surface area is 230 Å². The first-order valence-electron chi connectivity index (χ1n) is 12.1. The Morgan fingerprint density at radius 2 is 1.89 bits per heavy atom. The summed E-state index contributed by atoms with van der Waals surface area (Å²) >= 11 is 14.1. The van der Waals surface area contributed by atoms with Crippen molar-refractivity contribution < 1.29 is 9.32 Å². The first kappa shape index (κ1) is 25.8. The number of carbonyl (C=O) groups excluding carboxylic acids is 1. The van der Waals surface area contributed by atoms with Crippen molar-refractivity contribution in [2.45, 2.75) is 30.0 Å². The molecule has 0 spiro atoms. The van der Waals surface area contributed by atoms with Crippen molar-refractivity contribution >= 4 is 46.6 Å². The first-order valence-corrected chi connectivity index (χ1v) is 13.9. The van der Waals surface area contributed by atoms with E-state index in [-0.39, 0.29) is 11.8 Å². The molecule has 1 fully saturated rings. The molecule has 190 valence electrons. The van der Waals surface area contributed by atoms with E-state index in [2.05, 4.69) is 44.6 Å². The summed E-state index contributed by atoms with van der Waals surface area (Å²) in [5.74, 6) is 1.74. The van der Waals surface area contributed by atoms with Crippen LogP contribution in [0.15, 0.2) is 82.2 Å². The summed E-state index contributed by atoms with van der Waals surface area (Å²) in [5.41, 5.74) is 2.70. The minimum Gasteiger partial charge on any atom is -0.338 e. The van der Waals surface area contributed by atoms with Crippen LogP contribution in [-0.4, -0.2) is 34.0 Å². The minimum absolute atomic E-state index is 0.0373. The second-order valence-electron chi connectivity index (χ2n) is 9.00. The van der Waals surface area contributed by atoms with Gasteiger partial charge in [0.2, 0.25) is 17.6 Å². The number of amides is 1. The highest BCUT2D eigenvalue weighted by Crippen LogP contribution is 2.29. The second-order valence-corrected chi connectivity index (χ2v) is 10.9. The lowest BCUT2D eigenvalue weighted by Crippen LogP contribution is -2.40. The van der Waals surface area contributed by atoms with E-state index in [0.29, 0.717) is 40.4 Å². The number of nitrogens with one attached hydrogen (secondary N) is 1. The third-order valence-corrected chi connectivity index (χ3v) is 7.88. The largest absolute Gasteiger partial charge is 0.338 e. The van der Waals surface area contributed by atoms with Crippen molar-refractivity contribution in [3.8, 4) is 11.4 Å². The zero-order chi connectivity index (χ0) is 25.6. The lowest BCUT2D eigenvalue weighted by atomic mass is 9.97. The number of thioether (sulfide) groups is 1. The van der Waals surface area contributed by atoms with Gasteiger partial charge in [0.25, 0.3) is 0 Å². The molecule has 5 rings (SSSR count). The van der Waals surface area contributed by atoms with Crippen molar-refractivity contribution in [3.63, 3.8) is 0 Å². The molecule has 37 heavy (non-hydrogen) atoms. The number of aromatic nitrogens is 2. The molecule has 1 atom stereocenters. The molecular weight excluding hydrogens is 527 g/mol. The molecule has 0 aliphatic carbocycles. The zero-order valence-corrected chi connectivity index (χ0v) is 22.4. The van der Waals surface area contributed by atoms with Crippen LogP contribution in [-0.2, 0) is 17.1 Å². The van der Waals surface area contributed by atoms with Crippen LogP contribution in [0.25, 0.3) is 11.4 Å². The van der Waals surface area contributed by atoms with Gasteiger partial charge in [-0.2, -0.15) is 4.98 Å². The maximum Gasteiger partial charge on any atom is 0.241 e. The van der Waals surface area contributed by atoms with Crippen LogP contribution in [0, 0.1) is 5.92 Å². The van der Waals surface area contributed by atoms with Gasteiger partial charge >= 0.3 is 0 Å². The summed E-state index contributed by atoms with van der Waals surface area (Å²) in [6.07, 6.45) is 1.78. The van der Waals surface area contributed by atoms with Gasteiger partial charge in [-0.1, -0.05) is 58.7 Å². The maximum atomic E-state index is 13.0. The molecule has 0 saturated carbocycles. The lowest BCUT2D eigenvalue weighted by Gasteiger charge is -2.30. The number of benzene rings is 3. The fraction of sp³-hybridized carbons (Fsp3) is 0.250. The van der Waals surface area contributed by atoms with Crippen molar-refractivity contribution in [2.24, 2.45) is 5.92 Å². The van der Waals surface area contributed by atoms with Gasteiger partial charge in [0, 0.05) is 33.5 Å². The van der Waals surface area contributed by atoms with Crippen molar-refractivity contribution in [1.29, 1.82) is 0 Å². The van der Waals surface area contributed by atoms with Gasteiger partial charge in [-0.25, -0.2) is 0 Å². The summed E-state index contributed by atoms with van der Waals surface area (Å²) in [6.45, 7) is 1.99. The monoisotopic (exact) mass is 552 g/mol. The maximum absolute atomic E-state index is 13.0. The van der Waals surface area contributed by atoms with Gasteiger partial charge < -0.3 is 9.84 Å². The van der Waals surface area contributed by atoms with E-state index in [1.165, 1.54) is 10.5 Å². The number of rotatable bonds is 8. The predicted molar refractivity (Wildman–Crippen MR) is 149 cm³/mol. The molecule has 1 aliphatic rings. The summed E-state index contributed by atoms with van der Waals surface area (Å²) in [6, 6.07) is 23.6. The van der Waals surface area contributed by atoms with Crippen LogP contribution in [0.2, 0.25) is 10.0 Å². The molecule has 2 heterocycles. The summed E-state index contributed by atoms with van der Waals surface area (Å²) in [5, 5.41) is 8.17. The average molecular weight is 554 g/mol. The van der Waals surface area contributed by atoms with Crippen LogP contribution >= 0.6 is 35.0 Å². The second kappa shape index (κ2) is 12.1. The number of piperidine rings is 1. The highest BCUT2D eigenvalue weighted by molar-refractivity contribution is 7.98. The summed E-state index contributed by atoms with van der Waals surface area (Å²) in [4.78, 5) is 20.9. The molecule has 1 aliphatic heterocycles. The van der Waals surface area contributed by atoms with Crippen molar-refractivity contribution in [1.82, 2.24) is 15.0 Å². The molecule has 3 aromatic carbocycles. The normalized spacial score (nSPS) is 16.0. The Morgan fingerprint density at radius 3 is 2.68 bits per heavy atom. The molecular formula is C28H26Cl2N4O2S. The number of hydrogen-bond donors (Lipinski definition) is 1. The molecule has 1 amide bonds. The Balaban J connectivity index is 1.13. The minimum atomic E-state index is -0.102. The van der Waals surface area contributed by atoms with Crippen LogP contribution in [0.4, 0.5) is 5.69 Å². The van der Waals surface area contributed by atoms with E-state index in [4.69, 9.17) is 27.7 Å². The highest BCUT2D eigenvalue weighted by Gasteiger charge is 2.27. The Kier molecular flexibility index (Phi) is 8.46. The Bertz CT molecular complexity index is 1350. The van der Waals surface area contributed by atoms with Crippen molar-refractivity contribution in [3.05, 3.63) is 94.3 Å². The fourth-order valence-electron chi connectivity index (χ4n) is 4.32. The van der Waals surface area contributed by atoms with Crippen LogP contribution < -0.4 is 5.32 Å². The standard InChI is InChI=1S/C28H26Cl2N4O2S/c29-21-10-13-24(25(30)15-21)27-32-26(36-33-27)17-34-14-4-5-20(16-34)28(35)31-22-11-8-19(9-12-22)18-37-23-6-2-1-3-7-23/h1-3,6-13,15,20H,4-5,14,16-18H2,(H,31,35). The van der Waals surface area contributed by atoms with E-state index in [1.54, 1.807) is 30.0 Å². The number of carbonyl (C=O) groups is 1. The first-order chi connectivity index (χ1) is 18.0. The third-order valence-electron chi connectivity index (χ3n) is 6.25. The number of likely N-dealkylation sites (tertiary alicyclic amines) is 1. The quantitative estimate of drug-likeness (QED) is 0.233. The molecule has 6 nitrogen and oxygen atoms in total. The molecule has 9 heteroatoms. The van der Waals surface area contributed by atoms with Gasteiger partial charge in [-0.3, -0.25) is 9.69 Å². The SMILES string of the molecule is O=C(Nc1ccc(CSc2ccccc2)cc1)C1CCCN(Cc2nc(-c3ccc(Cl)cc3Cl)no2)C1. The average Bonchev–Trinajstić information content (AvgIpc) is 3.37. The summed E-state index contributed by atoms with van der Waals surface area (Å²) in [7, 11) is 0. The van der Waals surface area contributed by atoms with Crippen LogP contribution in [0.5, 0.6) is 0 Å². The number of hydrogen-bond acceptors (Lipinski definition) is 6. The number of halogens is 2. The topological polar surface area (TPSA) is 71.3 Å². The molecule has 4 aromatic rings. The molecule has 0 radical (unpaired) electrons. The molecule has 0 bridgehead atoms. The van der Waals surface area contributed by atoms with Gasteiger partial charge in [0.05, 0.1) is 17.5 Å². The van der Waals surface area contributed by atoms with Gasteiger partial charge in [-0.15, -0.1) is 11.8 Å². The highest BCUT2D eigenvalue weighted by atomic mass is 35.5.